The fourth-order valence-corrected chi connectivity index (χ4v) is 2.90. The number of rotatable bonds is 5. The Morgan fingerprint density at radius 2 is 1.64 bits per heavy atom. The Kier molecular flexibility index (Phi) is 4.76. The number of non-ortho nitro benzene ring substituents is 1. The Hall–Kier alpha value is -4.06. The van der Waals surface area contributed by atoms with Crippen molar-refractivity contribution in [1.29, 1.82) is 0 Å². The van der Waals surface area contributed by atoms with E-state index in [1.165, 1.54) is 12.1 Å². The van der Waals surface area contributed by atoms with E-state index in [1.54, 1.807) is 18.3 Å². The summed E-state index contributed by atoms with van der Waals surface area (Å²) in [6.45, 7) is 0. The standard InChI is InChI=1S/C22H16N4O2/c27-26(28)19-12-10-18(11-13-19)25-23-15-17-14-22(16-6-2-1-3-7-16)24-21-9-5-4-8-20(17)21/h1-15,25H/b23-15+. The zero-order valence-corrected chi connectivity index (χ0v) is 14.8. The van der Waals surface area contributed by atoms with Gasteiger partial charge in [0.05, 0.1) is 28.0 Å². The average molecular weight is 368 g/mol. The Morgan fingerprint density at radius 1 is 0.929 bits per heavy atom. The number of fused-ring (bicyclic) bond motifs is 1. The molecular weight excluding hydrogens is 352 g/mol. The van der Waals surface area contributed by atoms with Crippen LogP contribution in [0.4, 0.5) is 11.4 Å². The van der Waals surface area contributed by atoms with E-state index in [0.717, 1.165) is 27.7 Å². The van der Waals surface area contributed by atoms with Gasteiger partial charge < -0.3 is 0 Å². The van der Waals surface area contributed by atoms with Crippen LogP contribution in [-0.2, 0) is 0 Å². The van der Waals surface area contributed by atoms with Gasteiger partial charge >= 0.3 is 0 Å². The van der Waals surface area contributed by atoms with Crippen LogP contribution in [0.5, 0.6) is 0 Å². The molecule has 0 saturated heterocycles. The number of para-hydroxylation sites is 1. The first-order valence-electron chi connectivity index (χ1n) is 8.69. The van der Waals surface area contributed by atoms with Crippen molar-refractivity contribution in [2.45, 2.75) is 0 Å². The lowest BCUT2D eigenvalue weighted by Gasteiger charge is -2.07. The molecule has 0 aliphatic heterocycles. The molecule has 0 radical (unpaired) electrons. The maximum absolute atomic E-state index is 10.7. The monoisotopic (exact) mass is 368 g/mol. The molecule has 0 fully saturated rings. The van der Waals surface area contributed by atoms with E-state index in [-0.39, 0.29) is 5.69 Å². The summed E-state index contributed by atoms with van der Waals surface area (Å²) in [6, 6.07) is 26.0. The van der Waals surface area contributed by atoms with E-state index in [0.29, 0.717) is 5.69 Å². The molecule has 4 rings (SSSR count). The molecule has 28 heavy (non-hydrogen) atoms. The van der Waals surface area contributed by atoms with E-state index in [1.807, 2.05) is 60.7 Å². The van der Waals surface area contributed by atoms with Crippen molar-refractivity contribution in [2.24, 2.45) is 5.10 Å². The Balaban J connectivity index is 1.65. The summed E-state index contributed by atoms with van der Waals surface area (Å²) in [4.78, 5) is 15.1. The molecule has 136 valence electrons. The van der Waals surface area contributed by atoms with Crippen molar-refractivity contribution in [2.75, 3.05) is 5.43 Å². The van der Waals surface area contributed by atoms with Gasteiger partial charge in [-0.05, 0) is 24.3 Å². The van der Waals surface area contributed by atoms with Gasteiger partial charge in [-0.1, -0.05) is 48.5 Å². The van der Waals surface area contributed by atoms with E-state index in [9.17, 15) is 10.1 Å². The molecule has 0 bridgehead atoms. The van der Waals surface area contributed by atoms with Crippen molar-refractivity contribution in [3.63, 3.8) is 0 Å². The zero-order chi connectivity index (χ0) is 19.3. The van der Waals surface area contributed by atoms with E-state index >= 15 is 0 Å². The molecule has 6 nitrogen and oxygen atoms in total. The first-order valence-corrected chi connectivity index (χ1v) is 8.69. The number of hydrogen-bond acceptors (Lipinski definition) is 5. The minimum Gasteiger partial charge on any atom is -0.278 e. The molecular formula is C22H16N4O2. The van der Waals surface area contributed by atoms with Gasteiger partial charge in [0, 0.05) is 28.6 Å². The molecule has 0 aliphatic carbocycles. The third-order valence-corrected chi connectivity index (χ3v) is 4.29. The lowest BCUT2D eigenvalue weighted by atomic mass is 10.0. The molecule has 1 N–H and O–H groups in total. The van der Waals surface area contributed by atoms with Crippen molar-refractivity contribution in [3.05, 3.63) is 101 Å². The molecule has 6 heteroatoms. The number of pyridine rings is 1. The van der Waals surface area contributed by atoms with E-state index < -0.39 is 4.92 Å². The predicted octanol–water partition coefficient (Wildman–Crippen LogP) is 5.26. The third kappa shape index (κ3) is 3.71. The molecule has 0 unspecified atom stereocenters. The smallest absolute Gasteiger partial charge is 0.269 e. The fraction of sp³-hybridized carbons (Fsp3) is 0. The Labute approximate surface area is 161 Å². The molecule has 1 heterocycles. The highest BCUT2D eigenvalue weighted by molar-refractivity contribution is 6.00. The lowest BCUT2D eigenvalue weighted by Crippen LogP contribution is -1.95. The Bertz CT molecular complexity index is 1160. The van der Waals surface area contributed by atoms with Gasteiger partial charge in [-0.15, -0.1) is 0 Å². The summed E-state index contributed by atoms with van der Waals surface area (Å²) < 4.78 is 0. The van der Waals surface area contributed by atoms with E-state index in [2.05, 4.69) is 10.5 Å². The number of nitro groups is 1. The first kappa shape index (κ1) is 17.4. The summed E-state index contributed by atoms with van der Waals surface area (Å²) in [5.41, 5.74) is 7.35. The summed E-state index contributed by atoms with van der Waals surface area (Å²) in [7, 11) is 0. The molecule has 0 spiro atoms. The summed E-state index contributed by atoms with van der Waals surface area (Å²) >= 11 is 0. The van der Waals surface area contributed by atoms with Crippen LogP contribution >= 0.6 is 0 Å². The molecule has 0 amide bonds. The number of nitrogens with one attached hydrogen (secondary N) is 1. The van der Waals surface area contributed by atoms with Crippen LogP contribution in [-0.4, -0.2) is 16.1 Å². The van der Waals surface area contributed by atoms with Crippen LogP contribution in [0.2, 0.25) is 0 Å². The summed E-state index contributed by atoms with van der Waals surface area (Å²) in [6.07, 6.45) is 1.73. The summed E-state index contributed by atoms with van der Waals surface area (Å²) in [5.74, 6) is 0. The van der Waals surface area contributed by atoms with Gasteiger partial charge in [0.25, 0.3) is 5.69 Å². The second kappa shape index (κ2) is 7.67. The quantitative estimate of drug-likeness (QED) is 0.296. The average Bonchev–Trinajstić information content (AvgIpc) is 2.74. The minimum absolute atomic E-state index is 0.0437. The lowest BCUT2D eigenvalue weighted by molar-refractivity contribution is -0.384. The number of hydrogen-bond donors (Lipinski definition) is 1. The molecule has 0 saturated carbocycles. The summed E-state index contributed by atoms with van der Waals surface area (Å²) in [5, 5.41) is 16.0. The van der Waals surface area contributed by atoms with Crippen molar-refractivity contribution in [1.82, 2.24) is 4.98 Å². The van der Waals surface area contributed by atoms with Gasteiger partial charge in [0.2, 0.25) is 0 Å². The maximum atomic E-state index is 10.7. The number of hydrazone groups is 1. The third-order valence-electron chi connectivity index (χ3n) is 4.29. The fourth-order valence-electron chi connectivity index (χ4n) is 2.90. The molecule has 3 aromatic carbocycles. The normalized spacial score (nSPS) is 11.0. The highest BCUT2D eigenvalue weighted by atomic mass is 16.6. The Morgan fingerprint density at radius 3 is 2.39 bits per heavy atom. The van der Waals surface area contributed by atoms with Crippen molar-refractivity contribution in [3.8, 4) is 11.3 Å². The van der Waals surface area contributed by atoms with E-state index in [4.69, 9.17) is 4.98 Å². The number of nitro benzene ring substituents is 1. The maximum Gasteiger partial charge on any atom is 0.269 e. The number of anilines is 1. The van der Waals surface area contributed by atoms with Crippen LogP contribution in [0.3, 0.4) is 0 Å². The van der Waals surface area contributed by atoms with Gasteiger partial charge in [0.15, 0.2) is 0 Å². The molecule has 0 atom stereocenters. The highest BCUT2D eigenvalue weighted by Gasteiger charge is 2.06. The highest BCUT2D eigenvalue weighted by Crippen LogP contribution is 2.24. The van der Waals surface area contributed by atoms with Crippen LogP contribution in [0.25, 0.3) is 22.2 Å². The first-order chi connectivity index (χ1) is 13.7. The second-order valence-corrected chi connectivity index (χ2v) is 6.15. The number of benzene rings is 3. The van der Waals surface area contributed by atoms with Crippen LogP contribution in [0.15, 0.2) is 90.0 Å². The molecule has 1 aromatic heterocycles. The van der Waals surface area contributed by atoms with Gasteiger partial charge in [-0.2, -0.15) is 5.10 Å². The molecule has 0 aliphatic rings. The second-order valence-electron chi connectivity index (χ2n) is 6.15. The zero-order valence-electron chi connectivity index (χ0n) is 14.8. The van der Waals surface area contributed by atoms with Crippen LogP contribution < -0.4 is 5.43 Å². The largest absolute Gasteiger partial charge is 0.278 e. The number of nitrogens with zero attached hydrogens (tertiary/aromatic N) is 3. The van der Waals surface area contributed by atoms with Crippen LogP contribution in [0.1, 0.15) is 5.56 Å². The van der Waals surface area contributed by atoms with Gasteiger partial charge in [-0.3, -0.25) is 15.5 Å². The van der Waals surface area contributed by atoms with Crippen molar-refractivity contribution < 1.29 is 4.92 Å². The van der Waals surface area contributed by atoms with Gasteiger partial charge in [0.1, 0.15) is 0 Å². The SMILES string of the molecule is O=[N+]([O-])c1ccc(N/N=C/c2cc(-c3ccccc3)nc3ccccc23)cc1. The van der Waals surface area contributed by atoms with Crippen LogP contribution in [0, 0.1) is 10.1 Å². The molecule has 4 aromatic rings. The predicted molar refractivity (Wildman–Crippen MR) is 111 cm³/mol. The minimum atomic E-state index is -0.429. The topological polar surface area (TPSA) is 80.4 Å². The van der Waals surface area contributed by atoms with Gasteiger partial charge in [-0.25, -0.2) is 4.98 Å². The van der Waals surface area contributed by atoms with Crippen molar-refractivity contribution >= 4 is 28.5 Å². The number of aromatic nitrogens is 1.